The molecule has 180 valence electrons. The number of likely N-dealkylation sites (tertiary alicyclic amines) is 1. The van der Waals surface area contributed by atoms with Crippen molar-refractivity contribution in [2.45, 2.75) is 24.3 Å². The number of thiazole rings is 1. The Morgan fingerprint density at radius 2 is 2.12 bits per heavy atom. The number of rotatable bonds is 7. The van der Waals surface area contributed by atoms with E-state index in [4.69, 9.17) is 10.6 Å². The van der Waals surface area contributed by atoms with Gasteiger partial charge in [0.15, 0.2) is 10.8 Å². The summed E-state index contributed by atoms with van der Waals surface area (Å²) in [6.07, 6.45) is 2.24. The molecule has 3 aliphatic heterocycles. The van der Waals surface area contributed by atoms with Crippen LogP contribution >= 0.6 is 23.1 Å². The molecule has 12 nitrogen and oxygen atoms in total. The number of quaternary nitrogens is 1. The van der Waals surface area contributed by atoms with Crippen LogP contribution in [0, 0.1) is 0 Å². The van der Waals surface area contributed by atoms with Crippen LogP contribution in [-0.2, 0) is 19.2 Å². The molecular weight excluding hydrogens is 472 g/mol. The second kappa shape index (κ2) is 9.67. The van der Waals surface area contributed by atoms with Crippen LogP contribution < -0.4 is 11.1 Å². The zero-order valence-electron chi connectivity index (χ0n) is 18.2. The summed E-state index contributed by atoms with van der Waals surface area (Å²) in [5, 5.41) is 17.6. The lowest BCUT2D eigenvalue weighted by atomic mass is 10.0. The lowest BCUT2D eigenvalue weighted by Gasteiger charge is -2.49. The SMILES string of the molecule is CO/N=C(\C(=O)NC1C(=O)N2C(C(=O)O)=C(C[N+]3(C)CCCC3)CSC12)c1csc(N)n1.[OH-]. The summed E-state index contributed by atoms with van der Waals surface area (Å²) in [4.78, 5) is 47.9. The number of carbonyl (C=O) groups is 3. The number of aliphatic carboxylic acids is 1. The second-order valence-electron chi connectivity index (χ2n) is 8.24. The normalized spacial score (nSPS) is 24.0. The third kappa shape index (κ3) is 4.69. The van der Waals surface area contributed by atoms with Gasteiger partial charge in [0, 0.05) is 29.5 Å². The number of hydrogen-bond acceptors (Lipinski definition) is 10. The first-order valence-corrected chi connectivity index (χ1v) is 12.0. The van der Waals surface area contributed by atoms with Crippen molar-refractivity contribution in [2.24, 2.45) is 5.16 Å². The number of likely N-dealkylation sites (N-methyl/N-ethyl adjacent to an activating group) is 1. The zero-order chi connectivity index (χ0) is 23.0. The minimum atomic E-state index is -1.12. The molecule has 5 N–H and O–H groups in total. The highest BCUT2D eigenvalue weighted by molar-refractivity contribution is 8.00. The van der Waals surface area contributed by atoms with E-state index in [2.05, 4.69) is 22.5 Å². The largest absolute Gasteiger partial charge is 0.870 e. The Morgan fingerprint density at radius 3 is 2.70 bits per heavy atom. The summed E-state index contributed by atoms with van der Waals surface area (Å²) in [5.74, 6) is -1.71. The number of aromatic nitrogens is 1. The average Bonchev–Trinajstić information content (AvgIpc) is 3.37. The van der Waals surface area contributed by atoms with Crippen LogP contribution in [0.25, 0.3) is 0 Å². The summed E-state index contributed by atoms with van der Waals surface area (Å²) in [5.41, 5.74) is 6.59. The number of fused-ring (bicyclic) bond motifs is 1. The topological polar surface area (TPSA) is 177 Å². The van der Waals surface area contributed by atoms with E-state index in [1.165, 1.54) is 23.8 Å². The van der Waals surface area contributed by atoms with E-state index in [1.54, 1.807) is 5.38 Å². The van der Waals surface area contributed by atoms with Gasteiger partial charge in [-0.25, -0.2) is 9.78 Å². The Hall–Kier alpha value is -2.68. The minimum absolute atomic E-state index is 0. The van der Waals surface area contributed by atoms with Gasteiger partial charge in [0.2, 0.25) is 0 Å². The van der Waals surface area contributed by atoms with Gasteiger partial charge in [-0.15, -0.1) is 23.1 Å². The quantitative estimate of drug-likeness (QED) is 0.200. The van der Waals surface area contributed by atoms with Crippen molar-refractivity contribution in [3.8, 4) is 0 Å². The predicted molar refractivity (Wildman–Crippen MR) is 122 cm³/mol. The minimum Gasteiger partial charge on any atom is -0.870 e. The number of amides is 2. The average molecular weight is 499 g/mol. The highest BCUT2D eigenvalue weighted by Crippen LogP contribution is 2.41. The van der Waals surface area contributed by atoms with Crippen molar-refractivity contribution in [1.82, 2.24) is 15.2 Å². The second-order valence-corrected chi connectivity index (χ2v) is 10.2. The van der Waals surface area contributed by atoms with Crippen molar-refractivity contribution in [1.29, 1.82) is 0 Å². The first-order chi connectivity index (χ1) is 15.2. The standard InChI is InChI=1S/C19H24N6O5S2.H2O/c1-25(5-3-4-6-25)7-10-8-31-17-13(16(27)24(17)14(10)18(28)29)22-15(26)12(23-30-2)11-9-32-19(20)21-11;/h9,13,17H,3-8H2,1-2H3,(H3-,20,21,22,26,28,29);1H2/b23-12-;. The number of hydrogen-bond donors (Lipinski definition) is 3. The zero-order valence-corrected chi connectivity index (χ0v) is 19.8. The van der Waals surface area contributed by atoms with E-state index < -0.39 is 29.2 Å². The van der Waals surface area contributed by atoms with Gasteiger partial charge in [0.1, 0.15) is 36.5 Å². The number of nitrogens with two attached hydrogens (primary N) is 1. The molecule has 33 heavy (non-hydrogen) atoms. The van der Waals surface area contributed by atoms with E-state index in [0.717, 1.165) is 47.3 Å². The number of anilines is 1. The van der Waals surface area contributed by atoms with Crippen LogP contribution in [0.1, 0.15) is 18.5 Å². The Balaban J connectivity index is 0.00000306. The van der Waals surface area contributed by atoms with Crippen LogP contribution in [0.5, 0.6) is 0 Å². The smallest absolute Gasteiger partial charge is 0.352 e. The molecule has 14 heteroatoms. The molecule has 4 heterocycles. The third-order valence-corrected chi connectivity index (χ3v) is 7.93. The number of nitrogens with zero attached hydrogens (tertiary/aromatic N) is 4. The third-order valence-electron chi connectivity index (χ3n) is 5.92. The van der Waals surface area contributed by atoms with Gasteiger partial charge in [-0.2, -0.15) is 0 Å². The molecule has 2 atom stereocenters. The van der Waals surface area contributed by atoms with Crippen molar-refractivity contribution in [3.05, 3.63) is 22.3 Å². The molecule has 0 bridgehead atoms. The molecule has 0 saturated carbocycles. The molecule has 1 aromatic heterocycles. The molecule has 4 rings (SSSR count). The molecule has 2 unspecified atom stereocenters. The van der Waals surface area contributed by atoms with Crippen molar-refractivity contribution in [3.63, 3.8) is 0 Å². The number of β-lactam (4-membered cyclic amide) rings is 1. The van der Waals surface area contributed by atoms with E-state index in [-0.39, 0.29) is 27.7 Å². The highest BCUT2D eigenvalue weighted by atomic mass is 32.2. The number of carboxylic acids is 1. The Labute approximate surface area is 198 Å². The number of thioether (sulfide) groups is 1. The van der Waals surface area contributed by atoms with Crippen LogP contribution in [0.4, 0.5) is 5.13 Å². The van der Waals surface area contributed by atoms with E-state index >= 15 is 0 Å². The molecular formula is C19H26N6O6S2. The molecule has 2 saturated heterocycles. The van der Waals surface area contributed by atoms with Gasteiger partial charge in [-0.3, -0.25) is 14.5 Å². The lowest BCUT2D eigenvalue weighted by Crippen LogP contribution is -2.71. The van der Waals surface area contributed by atoms with E-state index in [9.17, 15) is 19.5 Å². The number of nitrogen functional groups attached to an aromatic ring is 1. The van der Waals surface area contributed by atoms with Crippen LogP contribution in [0.3, 0.4) is 0 Å². The molecule has 0 spiro atoms. The highest BCUT2D eigenvalue weighted by Gasteiger charge is 2.55. The summed E-state index contributed by atoms with van der Waals surface area (Å²) in [6, 6.07) is -0.863. The predicted octanol–water partition coefficient (Wildman–Crippen LogP) is -0.122. The van der Waals surface area contributed by atoms with Crippen molar-refractivity contribution >= 4 is 51.7 Å². The van der Waals surface area contributed by atoms with Crippen LogP contribution in [0.2, 0.25) is 0 Å². The molecule has 3 aliphatic rings. The fraction of sp³-hybridized carbons (Fsp3) is 0.526. The van der Waals surface area contributed by atoms with Crippen molar-refractivity contribution < 1.29 is 34.3 Å². The maximum atomic E-state index is 12.9. The number of carboxylic acid groups (broad SMARTS) is 1. The lowest BCUT2D eigenvalue weighted by molar-refractivity contribution is -0.893. The summed E-state index contributed by atoms with van der Waals surface area (Å²) < 4.78 is 0.785. The maximum absolute atomic E-state index is 12.9. The summed E-state index contributed by atoms with van der Waals surface area (Å²) in [7, 11) is 3.42. The fourth-order valence-electron chi connectivity index (χ4n) is 4.42. The number of oxime groups is 1. The molecule has 2 amide bonds. The monoisotopic (exact) mass is 498 g/mol. The number of carbonyl (C=O) groups excluding carboxylic acids is 2. The van der Waals surface area contributed by atoms with Crippen LogP contribution in [0.15, 0.2) is 21.8 Å². The Kier molecular flexibility index (Phi) is 7.31. The maximum Gasteiger partial charge on any atom is 0.352 e. The summed E-state index contributed by atoms with van der Waals surface area (Å²) >= 11 is 2.61. The Morgan fingerprint density at radius 1 is 1.42 bits per heavy atom. The molecule has 0 aliphatic carbocycles. The van der Waals surface area contributed by atoms with Gasteiger partial charge in [-0.05, 0) is 0 Å². The van der Waals surface area contributed by atoms with Crippen LogP contribution in [-0.4, -0.2) is 99.4 Å². The number of nitrogens with one attached hydrogen (secondary N) is 1. The molecule has 0 radical (unpaired) electrons. The molecule has 1 aromatic rings. The Bertz CT molecular complexity index is 1020. The fourth-order valence-corrected chi connectivity index (χ4v) is 6.31. The summed E-state index contributed by atoms with van der Waals surface area (Å²) in [6.45, 7) is 2.61. The van der Waals surface area contributed by atoms with Gasteiger partial charge in [0.25, 0.3) is 11.8 Å². The van der Waals surface area contributed by atoms with Crippen molar-refractivity contribution in [2.75, 3.05) is 45.3 Å². The first-order valence-electron chi connectivity index (χ1n) is 10.1. The van der Waals surface area contributed by atoms with Gasteiger partial charge < -0.3 is 31.0 Å². The van der Waals surface area contributed by atoms with Gasteiger partial charge in [0.05, 0.1) is 20.1 Å². The molecule has 2 fully saturated rings. The molecule has 0 aromatic carbocycles. The van der Waals surface area contributed by atoms with Gasteiger partial charge in [-0.1, -0.05) is 5.16 Å². The van der Waals surface area contributed by atoms with Gasteiger partial charge >= 0.3 is 5.97 Å². The first kappa shape index (κ1) is 25.0. The van der Waals surface area contributed by atoms with E-state index in [0.29, 0.717) is 12.3 Å². The van der Waals surface area contributed by atoms with E-state index in [1.807, 2.05) is 0 Å².